The van der Waals surface area contributed by atoms with Gasteiger partial charge in [-0.05, 0) is 12.0 Å². The molecule has 0 saturated carbocycles. The van der Waals surface area contributed by atoms with Gasteiger partial charge in [0.2, 0.25) is 11.6 Å². The van der Waals surface area contributed by atoms with Gasteiger partial charge < -0.3 is 14.6 Å². The van der Waals surface area contributed by atoms with Crippen molar-refractivity contribution >= 4 is 17.3 Å². The monoisotopic (exact) mass is 244 g/mol. The molecule has 1 aliphatic carbocycles. The van der Waals surface area contributed by atoms with E-state index in [9.17, 15) is 9.59 Å². The number of nitrogens with one attached hydrogen (secondary N) is 1. The Kier molecular flexibility index (Phi) is 1.86. The lowest BCUT2D eigenvalue weighted by Gasteiger charge is -2.42. The van der Waals surface area contributed by atoms with Crippen molar-refractivity contribution in [2.24, 2.45) is 0 Å². The van der Waals surface area contributed by atoms with Crippen LogP contribution in [0.5, 0.6) is 0 Å². The van der Waals surface area contributed by atoms with E-state index in [-0.39, 0.29) is 6.23 Å². The SMILES string of the molecule is O=C1C=C2c3c(c[nH]c3C1=O)C[C@H]1OCCCN21. The molecule has 4 rings (SSSR count). The summed E-state index contributed by atoms with van der Waals surface area (Å²) in [7, 11) is 0. The van der Waals surface area contributed by atoms with E-state index in [0.29, 0.717) is 5.69 Å². The second-order valence-electron chi connectivity index (χ2n) is 4.86. The summed E-state index contributed by atoms with van der Waals surface area (Å²) in [5.74, 6) is -0.881. The van der Waals surface area contributed by atoms with Gasteiger partial charge >= 0.3 is 0 Å². The van der Waals surface area contributed by atoms with E-state index in [0.717, 1.165) is 42.8 Å². The van der Waals surface area contributed by atoms with Crippen LogP contribution in [0.3, 0.4) is 0 Å². The number of H-pyrrole nitrogens is 1. The number of hydrogen-bond acceptors (Lipinski definition) is 4. The molecule has 0 radical (unpaired) electrons. The third kappa shape index (κ3) is 1.14. The van der Waals surface area contributed by atoms with Gasteiger partial charge in [0.15, 0.2) is 0 Å². The Morgan fingerprint density at radius 2 is 2.28 bits per heavy atom. The fourth-order valence-electron chi connectivity index (χ4n) is 3.03. The fourth-order valence-corrected chi connectivity index (χ4v) is 3.03. The maximum atomic E-state index is 11.8. The maximum absolute atomic E-state index is 11.8. The molecule has 5 nitrogen and oxygen atoms in total. The van der Waals surface area contributed by atoms with E-state index in [1.54, 1.807) is 0 Å². The molecule has 0 aromatic carbocycles. The van der Waals surface area contributed by atoms with E-state index in [1.165, 1.54) is 6.08 Å². The lowest BCUT2D eigenvalue weighted by Crippen LogP contribution is -2.46. The predicted molar refractivity (Wildman–Crippen MR) is 62.9 cm³/mol. The minimum absolute atomic E-state index is 0.00199. The average Bonchev–Trinajstić information content (AvgIpc) is 2.80. The molecule has 1 aromatic rings. The molecule has 0 bridgehead atoms. The van der Waals surface area contributed by atoms with Crippen molar-refractivity contribution in [2.75, 3.05) is 13.2 Å². The molecule has 0 amide bonds. The van der Waals surface area contributed by atoms with Crippen molar-refractivity contribution in [1.82, 2.24) is 9.88 Å². The molecule has 92 valence electrons. The summed E-state index contributed by atoms with van der Waals surface area (Å²) in [5.41, 5.74) is 3.26. The second kappa shape index (κ2) is 3.32. The van der Waals surface area contributed by atoms with Gasteiger partial charge in [0, 0.05) is 30.8 Å². The first-order valence-electron chi connectivity index (χ1n) is 6.15. The molecule has 0 spiro atoms. The van der Waals surface area contributed by atoms with Crippen LogP contribution in [-0.4, -0.2) is 40.8 Å². The molecule has 1 aromatic heterocycles. The normalized spacial score (nSPS) is 25.7. The molecule has 18 heavy (non-hydrogen) atoms. The largest absolute Gasteiger partial charge is 0.358 e. The van der Waals surface area contributed by atoms with Crippen LogP contribution in [0, 0.1) is 0 Å². The molecule has 1 fully saturated rings. The summed E-state index contributed by atoms with van der Waals surface area (Å²) in [6, 6.07) is 0. The highest BCUT2D eigenvalue weighted by Crippen LogP contribution is 2.38. The third-order valence-electron chi connectivity index (χ3n) is 3.84. The third-order valence-corrected chi connectivity index (χ3v) is 3.84. The van der Waals surface area contributed by atoms with Crippen molar-refractivity contribution in [3.05, 3.63) is 29.1 Å². The number of allylic oxidation sites excluding steroid dienone is 1. The Bertz CT molecular complexity index is 599. The number of carbonyl (C=O) groups is 2. The van der Waals surface area contributed by atoms with Crippen LogP contribution in [0.2, 0.25) is 0 Å². The van der Waals surface area contributed by atoms with Crippen molar-refractivity contribution in [1.29, 1.82) is 0 Å². The van der Waals surface area contributed by atoms with E-state index >= 15 is 0 Å². The molecule has 5 heteroatoms. The smallest absolute Gasteiger partial charge is 0.249 e. The van der Waals surface area contributed by atoms with Gasteiger partial charge in [-0.1, -0.05) is 0 Å². The number of hydrogen-bond donors (Lipinski definition) is 1. The Balaban J connectivity index is 1.93. The van der Waals surface area contributed by atoms with Gasteiger partial charge in [-0.25, -0.2) is 0 Å². The standard InChI is InChI=1S/C13H12N2O3/c16-9-5-8-11-7(6-14-12(11)13(9)17)4-10-15(8)2-1-3-18-10/h5-6,10,14H,1-4H2/t10-/m1/s1. The summed E-state index contributed by atoms with van der Waals surface area (Å²) < 4.78 is 5.74. The summed E-state index contributed by atoms with van der Waals surface area (Å²) in [4.78, 5) is 28.6. The minimum Gasteiger partial charge on any atom is -0.358 e. The number of Topliss-reactive ketones (excluding diaryl/α,β-unsaturated/α-hetero) is 1. The molecule has 1 saturated heterocycles. The molecule has 1 N–H and O–H groups in total. The first-order chi connectivity index (χ1) is 8.75. The number of carbonyl (C=O) groups excluding carboxylic acids is 2. The van der Waals surface area contributed by atoms with Gasteiger partial charge in [-0.3, -0.25) is 9.59 Å². The maximum Gasteiger partial charge on any atom is 0.249 e. The molecule has 0 unspecified atom stereocenters. The summed E-state index contributed by atoms with van der Waals surface area (Å²) in [6.07, 6.45) is 5.00. The van der Waals surface area contributed by atoms with E-state index < -0.39 is 11.6 Å². The second-order valence-corrected chi connectivity index (χ2v) is 4.86. The number of aromatic nitrogens is 1. The van der Waals surface area contributed by atoms with Crippen LogP contribution in [0.1, 0.15) is 28.0 Å². The zero-order valence-electron chi connectivity index (χ0n) is 9.73. The molecule has 3 aliphatic rings. The molecule has 3 heterocycles. The zero-order valence-corrected chi connectivity index (χ0v) is 9.73. The highest BCUT2D eigenvalue weighted by Gasteiger charge is 2.39. The van der Waals surface area contributed by atoms with Gasteiger partial charge in [0.1, 0.15) is 11.9 Å². The number of nitrogens with zero attached hydrogens (tertiary/aromatic N) is 1. The summed E-state index contributed by atoms with van der Waals surface area (Å²) in [5, 5.41) is 0. The lowest BCUT2D eigenvalue weighted by molar-refractivity contribution is -0.111. The quantitative estimate of drug-likeness (QED) is 0.683. The van der Waals surface area contributed by atoms with E-state index in [4.69, 9.17) is 4.74 Å². The minimum atomic E-state index is -0.447. The molecule has 2 aliphatic heterocycles. The van der Waals surface area contributed by atoms with Crippen LogP contribution < -0.4 is 0 Å². The van der Waals surface area contributed by atoms with Crippen LogP contribution in [0.4, 0.5) is 0 Å². The number of ketones is 2. The van der Waals surface area contributed by atoms with Crippen LogP contribution >= 0.6 is 0 Å². The van der Waals surface area contributed by atoms with Crippen molar-refractivity contribution in [3.63, 3.8) is 0 Å². The predicted octanol–water partition coefficient (Wildman–Crippen LogP) is 0.726. The number of aromatic amines is 1. The van der Waals surface area contributed by atoms with Crippen LogP contribution in [-0.2, 0) is 16.0 Å². The summed E-state index contributed by atoms with van der Waals surface area (Å²) in [6.45, 7) is 1.63. The van der Waals surface area contributed by atoms with Crippen LogP contribution in [0.15, 0.2) is 12.3 Å². The molecular weight excluding hydrogens is 232 g/mol. The van der Waals surface area contributed by atoms with Gasteiger partial charge in [0.05, 0.1) is 12.3 Å². The lowest BCUT2D eigenvalue weighted by atomic mass is 9.90. The zero-order chi connectivity index (χ0) is 12.3. The Labute approximate surface area is 103 Å². The van der Waals surface area contributed by atoms with E-state index in [2.05, 4.69) is 9.88 Å². The highest BCUT2D eigenvalue weighted by atomic mass is 16.5. The van der Waals surface area contributed by atoms with Gasteiger partial charge in [-0.2, -0.15) is 0 Å². The van der Waals surface area contributed by atoms with Gasteiger partial charge in [0.25, 0.3) is 0 Å². The first kappa shape index (κ1) is 10.1. The Morgan fingerprint density at radius 1 is 1.39 bits per heavy atom. The van der Waals surface area contributed by atoms with Crippen molar-refractivity contribution in [3.8, 4) is 0 Å². The van der Waals surface area contributed by atoms with Crippen molar-refractivity contribution < 1.29 is 14.3 Å². The van der Waals surface area contributed by atoms with Gasteiger partial charge in [-0.15, -0.1) is 0 Å². The number of fused-ring (bicyclic) bond motifs is 2. The number of ether oxygens (including phenoxy) is 1. The highest BCUT2D eigenvalue weighted by molar-refractivity contribution is 6.50. The molecular formula is C13H12N2O3. The Morgan fingerprint density at radius 3 is 3.17 bits per heavy atom. The van der Waals surface area contributed by atoms with E-state index in [1.807, 2.05) is 6.20 Å². The average molecular weight is 244 g/mol. The summed E-state index contributed by atoms with van der Waals surface area (Å²) >= 11 is 0. The topological polar surface area (TPSA) is 62.4 Å². The van der Waals surface area contributed by atoms with Crippen molar-refractivity contribution in [2.45, 2.75) is 19.1 Å². The number of rotatable bonds is 0. The Hall–Kier alpha value is -1.88. The molecule has 1 atom stereocenters. The van der Waals surface area contributed by atoms with Crippen LogP contribution in [0.25, 0.3) is 5.70 Å². The fraction of sp³-hybridized carbons (Fsp3) is 0.385. The first-order valence-corrected chi connectivity index (χ1v) is 6.15.